The number of nitrogens with zero attached hydrogens (tertiary/aromatic N) is 1. The van der Waals surface area contributed by atoms with E-state index in [2.05, 4.69) is 36.4 Å². The summed E-state index contributed by atoms with van der Waals surface area (Å²) in [7, 11) is 1.71. The number of carbonyl (C=O) groups is 3. The standard InChI is InChI=1S/C10H13NO.C6H10N2O2/c1-10(2,3)8-4-5-9(7-12)11-6-8;1-7-4-2-3-5(9)8-6(4)10/h4-7H,1-3H3;4,7H,2-3H2,1H3,(H,8,9,10). The first-order chi connectivity index (χ1) is 10.3. The Labute approximate surface area is 130 Å². The first-order valence-electron chi connectivity index (χ1n) is 7.20. The minimum atomic E-state index is -0.209. The summed E-state index contributed by atoms with van der Waals surface area (Å²) in [6.07, 6.45) is 3.56. The van der Waals surface area contributed by atoms with Crippen LogP contribution in [0.3, 0.4) is 0 Å². The minimum Gasteiger partial charge on any atom is -0.309 e. The lowest BCUT2D eigenvalue weighted by molar-refractivity contribution is -0.134. The topological polar surface area (TPSA) is 88.2 Å². The fourth-order valence-electron chi connectivity index (χ4n) is 1.89. The van der Waals surface area contributed by atoms with E-state index < -0.39 is 0 Å². The Morgan fingerprint density at radius 2 is 2.00 bits per heavy atom. The highest BCUT2D eigenvalue weighted by Crippen LogP contribution is 2.20. The van der Waals surface area contributed by atoms with Crippen LogP contribution < -0.4 is 10.6 Å². The number of aromatic nitrogens is 1. The van der Waals surface area contributed by atoms with E-state index in [0.717, 1.165) is 11.8 Å². The molecule has 1 aliphatic heterocycles. The molecule has 120 valence electrons. The monoisotopic (exact) mass is 305 g/mol. The van der Waals surface area contributed by atoms with E-state index in [0.29, 0.717) is 18.5 Å². The van der Waals surface area contributed by atoms with Crippen LogP contribution in [0.5, 0.6) is 0 Å². The average Bonchev–Trinajstić information content (AvgIpc) is 2.47. The van der Waals surface area contributed by atoms with Crippen LogP contribution in [0.15, 0.2) is 18.3 Å². The highest BCUT2D eigenvalue weighted by atomic mass is 16.2. The number of carbonyl (C=O) groups excluding carboxylic acids is 3. The van der Waals surface area contributed by atoms with Crippen molar-refractivity contribution in [1.82, 2.24) is 15.6 Å². The lowest BCUT2D eigenvalue weighted by atomic mass is 9.88. The fraction of sp³-hybridized carbons (Fsp3) is 0.500. The SMILES string of the molecule is CC(C)(C)c1ccc(C=O)nc1.CNC1CCC(=O)NC1=O. The molecule has 2 amide bonds. The predicted octanol–water partition coefficient (Wildman–Crippen LogP) is 1.20. The fourth-order valence-corrected chi connectivity index (χ4v) is 1.89. The zero-order valence-electron chi connectivity index (χ0n) is 13.5. The molecular weight excluding hydrogens is 282 g/mol. The third kappa shape index (κ3) is 5.37. The molecular formula is C16H23N3O3. The van der Waals surface area contributed by atoms with Gasteiger partial charge in [0.1, 0.15) is 5.69 Å². The molecule has 1 aromatic heterocycles. The van der Waals surface area contributed by atoms with E-state index >= 15 is 0 Å². The maximum absolute atomic E-state index is 10.8. The number of rotatable bonds is 2. The van der Waals surface area contributed by atoms with Gasteiger partial charge in [0.25, 0.3) is 0 Å². The highest BCUT2D eigenvalue weighted by molar-refractivity contribution is 6.00. The first kappa shape index (κ1) is 18.0. The Hall–Kier alpha value is -2.08. The van der Waals surface area contributed by atoms with Gasteiger partial charge in [-0.1, -0.05) is 26.8 Å². The first-order valence-corrected chi connectivity index (χ1v) is 7.20. The third-order valence-electron chi connectivity index (χ3n) is 3.36. The molecule has 2 heterocycles. The molecule has 1 aliphatic rings. The summed E-state index contributed by atoms with van der Waals surface area (Å²) in [6.45, 7) is 6.35. The molecule has 1 atom stereocenters. The van der Waals surface area contributed by atoms with E-state index in [-0.39, 0.29) is 23.3 Å². The molecule has 0 aliphatic carbocycles. The number of nitrogens with one attached hydrogen (secondary N) is 2. The number of piperidine rings is 1. The summed E-state index contributed by atoms with van der Waals surface area (Å²) < 4.78 is 0. The Morgan fingerprint density at radius 3 is 2.41 bits per heavy atom. The zero-order valence-corrected chi connectivity index (χ0v) is 13.5. The van der Waals surface area contributed by atoms with E-state index in [9.17, 15) is 14.4 Å². The molecule has 6 nitrogen and oxygen atoms in total. The smallest absolute Gasteiger partial charge is 0.243 e. The van der Waals surface area contributed by atoms with E-state index in [1.54, 1.807) is 19.3 Å². The van der Waals surface area contributed by atoms with Gasteiger partial charge in [-0.15, -0.1) is 0 Å². The van der Waals surface area contributed by atoms with Crippen molar-refractivity contribution in [2.24, 2.45) is 0 Å². The van der Waals surface area contributed by atoms with Crippen LogP contribution >= 0.6 is 0 Å². The maximum atomic E-state index is 10.8. The number of hydrogen-bond acceptors (Lipinski definition) is 5. The second kappa shape index (κ2) is 7.79. The summed E-state index contributed by atoms with van der Waals surface area (Å²) >= 11 is 0. The Kier molecular flexibility index (Phi) is 6.37. The molecule has 1 unspecified atom stereocenters. The van der Waals surface area contributed by atoms with Gasteiger partial charge in [0.05, 0.1) is 6.04 Å². The van der Waals surface area contributed by atoms with Crippen molar-refractivity contribution in [2.45, 2.75) is 45.1 Å². The summed E-state index contributed by atoms with van der Waals surface area (Å²) in [6, 6.07) is 3.50. The van der Waals surface area contributed by atoms with Crippen LogP contribution in [0.25, 0.3) is 0 Å². The Bertz CT molecular complexity index is 533. The highest BCUT2D eigenvalue weighted by Gasteiger charge is 2.24. The quantitative estimate of drug-likeness (QED) is 0.633. The van der Waals surface area contributed by atoms with Gasteiger partial charge in [-0.3, -0.25) is 24.7 Å². The van der Waals surface area contributed by atoms with E-state index in [1.165, 1.54) is 0 Å². The second-order valence-electron chi connectivity index (χ2n) is 6.13. The largest absolute Gasteiger partial charge is 0.309 e. The van der Waals surface area contributed by atoms with Gasteiger partial charge >= 0.3 is 0 Å². The van der Waals surface area contributed by atoms with E-state index in [1.807, 2.05) is 6.07 Å². The number of imide groups is 1. The lowest BCUT2D eigenvalue weighted by Gasteiger charge is -2.19. The summed E-state index contributed by atoms with van der Waals surface area (Å²) in [5.74, 6) is -0.379. The molecule has 1 fully saturated rings. The van der Waals surface area contributed by atoms with Gasteiger partial charge in [0.15, 0.2) is 6.29 Å². The van der Waals surface area contributed by atoms with E-state index in [4.69, 9.17) is 0 Å². The van der Waals surface area contributed by atoms with Gasteiger partial charge in [-0.25, -0.2) is 0 Å². The molecule has 22 heavy (non-hydrogen) atoms. The van der Waals surface area contributed by atoms with Crippen LogP contribution in [0, 0.1) is 0 Å². The maximum Gasteiger partial charge on any atom is 0.243 e. The van der Waals surface area contributed by atoms with Crippen LogP contribution in [0.2, 0.25) is 0 Å². The second-order valence-corrected chi connectivity index (χ2v) is 6.13. The lowest BCUT2D eigenvalue weighted by Crippen LogP contribution is -2.49. The van der Waals surface area contributed by atoms with Crippen LogP contribution in [-0.2, 0) is 15.0 Å². The molecule has 0 aromatic carbocycles. The van der Waals surface area contributed by atoms with Gasteiger partial charge < -0.3 is 5.32 Å². The molecule has 1 aromatic rings. The van der Waals surface area contributed by atoms with Crippen molar-refractivity contribution < 1.29 is 14.4 Å². The zero-order chi connectivity index (χ0) is 16.8. The molecule has 2 rings (SSSR count). The van der Waals surface area contributed by atoms with Crippen LogP contribution in [-0.4, -0.2) is 36.2 Å². The van der Waals surface area contributed by atoms with Crippen molar-refractivity contribution >= 4 is 18.1 Å². The minimum absolute atomic E-state index is 0.106. The van der Waals surface area contributed by atoms with Crippen LogP contribution in [0.1, 0.15) is 49.7 Å². The average molecular weight is 305 g/mol. The molecule has 6 heteroatoms. The molecule has 1 saturated heterocycles. The van der Waals surface area contributed by atoms with Crippen molar-refractivity contribution in [3.8, 4) is 0 Å². The predicted molar refractivity (Wildman–Crippen MR) is 83.6 cm³/mol. The summed E-state index contributed by atoms with van der Waals surface area (Å²) in [4.78, 5) is 35.7. The van der Waals surface area contributed by atoms with Crippen LogP contribution in [0.4, 0.5) is 0 Å². The van der Waals surface area contributed by atoms with Gasteiger partial charge in [0.2, 0.25) is 11.8 Å². The molecule has 2 N–H and O–H groups in total. The molecule has 0 saturated carbocycles. The Morgan fingerprint density at radius 1 is 1.32 bits per heavy atom. The van der Waals surface area contributed by atoms with Gasteiger partial charge in [-0.05, 0) is 30.5 Å². The number of likely N-dealkylation sites (N-methyl/N-ethyl adjacent to an activating group) is 1. The number of hydrogen-bond donors (Lipinski definition) is 2. The summed E-state index contributed by atoms with van der Waals surface area (Å²) in [5.41, 5.74) is 1.74. The number of aldehydes is 1. The number of amides is 2. The molecule has 0 radical (unpaired) electrons. The molecule has 0 spiro atoms. The van der Waals surface area contributed by atoms with Crippen molar-refractivity contribution in [2.75, 3.05) is 7.05 Å². The third-order valence-corrected chi connectivity index (χ3v) is 3.36. The number of pyridine rings is 1. The normalized spacial score (nSPS) is 18.1. The van der Waals surface area contributed by atoms with Gasteiger partial charge in [-0.2, -0.15) is 0 Å². The van der Waals surface area contributed by atoms with Gasteiger partial charge in [0, 0.05) is 12.6 Å². The van der Waals surface area contributed by atoms with Crippen molar-refractivity contribution in [3.05, 3.63) is 29.6 Å². The van der Waals surface area contributed by atoms with Crippen molar-refractivity contribution in [3.63, 3.8) is 0 Å². The Balaban J connectivity index is 0.000000224. The van der Waals surface area contributed by atoms with Crippen molar-refractivity contribution in [1.29, 1.82) is 0 Å². The molecule has 0 bridgehead atoms. The summed E-state index contributed by atoms with van der Waals surface area (Å²) in [5, 5.41) is 5.05.